The van der Waals surface area contributed by atoms with Gasteiger partial charge >= 0.3 is 5.97 Å². The van der Waals surface area contributed by atoms with Crippen molar-refractivity contribution in [3.05, 3.63) is 64.3 Å². The number of halogens is 2. The summed E-state index contributed by atoms with van der Waals surface area (Å²) in [4.78, 5) is 12.3. The van der Waals surface area contributed by atoms with Crippen molar-refractivity contribution in [3.63, 3.8) is 0 Å². The summed E-state index contributed by atoms with van der Waals surface area (Å²) in [5.74, 6) is -0.770. The monoisotopic (exact) mass is 492 g/mol. The fraction of sp³-hybridized carbons (Fsp3) is 0.100. The third-order valence-electron chi connectivity index (χ3n) is 4.42. The lowest BCUT2D eigenvalue weighted by Crippen LogP contribution is -2.05. The molecule has 0 spiro atoms. The molecule has 0 bridgehead atoms. The van der Waals surface area contributed by atoms with Crippen molar-refractivity contribution in [2.45, 2.75) is 4.90 Å². The van der Waals surface area contributed by atoms with Crippen molar-refractivity contribution in [1.29, 1.82) is 0 Å². The van der Waals surface area contributed by atoms with E-state index >= 15 is 0 Å². The second kappa shape index (κ2) is 8.38. The van der Waals surface area contributed by atoms with Crippen molar-refractivity contribution in [2.24, 2.45) is 0 Å². The molecule has 0 aliphatic rings. The highest BCUT2D eigenvalue weighted by atomic mass is 35.5. The van der Waals surface area contributed by atoms with Crippen molar-refractivity contribution < 1.29 is 22.4 Å². The summed E-state index contributed by atoms with van der Waals surface area (Å²) in [5, 5.41) is 12.5. The molecule has 0 amide bonds. The molecule has 9 nitrogen and oxygen atoms in total. The van der Waals surface area contributed by atoms with E-state index in [-0.39, 0.29) is 33.1 Å². The van der Waals surface area contributed by atoms with Crippen LogP contribution in [0.25, 0.3) is 28.7 Å². The van der Waals surface area contributed by atoms with Gasteiger partial charge in [0.05, 0.1) is 22.7 Å². The Morgan fingerprint density at radius 3 is 2.47 bits per heavy atom. The first-order valence-electron chi connectivity index (χ1n) is 8.97. The Kier molecular flexibility index (Phi) is 5.76. The normalized spacial score (nSPS) is 11.5. The van der Waals surface area contributed by atoms with E-state index in [0.717, 1.165) is 6.26 Å². The highest BCUT2D eigenvalue weighted by Crippen LogP contribution is 2.35. The lowest BCUT2D eigenvalue weighted by atomic mass is 10.2. The van der Waals surface area contributed by atoms with Gasteiger partial charge < -0.3 is 9.15 Å². The number of rotatable bonds is 5. The van der Waals surface area contributed by atoms with E-state index in [9.17, 15) is 13.2 Å². The van der Waals surface area contributed by atoms with Gasteiger partial charge in [-0.2, -0.15) is 5.10 Å². The third-order valence-corrected chi connectivity index (χ3v) is 6.21. The third kappa shape index (κ3) is 3.99. The van der Waals surface area contributed by atoms with Gasteiger partial charge in [0.15, 0.2) is 21.2 Å². The van der Waals surface area contributed by atoms with Gasteiger partial charge in [-0.15, -0.1) is 10.2 Å². The maximum Gasteiger partial charge on any atom is 0.360 e. The van der Waals surface area contributed by atoms with Crippen LogP contribution in [0.3, 0.4) is 0 Å². The van der Waals surface area contributed by atoms with Gasteiger partial charge in [0.25, 0.3) is 5.89 Å². The van der Waals surface area contributed by atoms with Crippen LogP contribution >= 0.6 is 23.2 Å². The predicted molar refractivity (Wildman–Crippen MR) is 117 cm³/mol. The number of nitrogens with zero attached hydrogens (tertiary/aromatic N) is 4. The average Bonchev–Trinajstić information content (AvgIpc) is 3.37. The smallest absolute Gasteiger partial charge is 0.360 e. The van der Waals surface area contributed by atoms with E-state index in [1.165, 1.54) is 23.9 Å². The van der Waals surface area contributed by atoms with Crippen LogP contribution in [-0.4, -0.2) is 47.7 Å². The number of hydrogen-bond acceptors (Lipinski definition) is 8. The van der Waals surface area contributed by atoms with E-state index in [4.69, 9.17) is 32.4 Å². The zero-order valence-electron chi connectivity index (χ0n) is 16.6. The molecule has 4 aromatic rings. The number of benzene rings is 2. The Morgan fingerprint density at radius 1 is 1.06 bits per heavy atom. The fourth-order valence-electron chi connectivity index (χ4n) is 2.90. The molecule has 0 atom stereocenters. The molecule has 2 heterocycles. The van der Waals surface area contributed by atoms with Crippen molar-refractivity contribution in [3.8, 4) is 28.7 Å². The van der Waals surface area contributed by atoms with E-state index in [2.05, 4.69) is 15.3 Å². The van der Waals surface area contributed by atoms with Crippen LogP contribution in [0.1, 0.15) is 10.5 Å². The van der Waals surface area contributed by atoms with Gasteiger partial charge in [-0.1, -0.05) is 41.4 Å². The van der Waals surface area contributed by atoms with Crippen LogP contribution < -0.4 is 0 Å². The first kappa shape index (κ1) is 22.0. The highest BCUT2D eigenvalue weighted by molar-refractivity contribution is 7.90. The first-order chi connectivity index (χ1) is 15.2. The Labute approximate surface area is 192 Å². The maximum absolute atomic E-state index is 12.2. The lowest BCUT2D eigenvalue weighted by Gasteiger charge is -2.06. The maximum atomic E-state index is 12.2. The molecule has 0 saturated heterocycles. The molecule has 0 saturated carbocycles. The second-order valence-electron chi connectivity index (χ2n) is 6.58. The van der Waals surface area contributed by atoms with E-state index < -0.39 is 15.8 Å². The lowest BCUT2D eigenvalue weighted by molar-refractivity contribution is 0.0593. The van der Waals surface area contributed by atoms with Crippen molar-refractivity contribution >= 4 is 39.0 Å². The molecule has 4 rings (SSSR count). The number of aromatic nitrogens is 4. The summed E-state index contributed by atoms with van der Waals surface area (Å²) in [5.41, 5.74) is 0.765. The van der Waals surface area contributed by atoms with Gasteiger partial charge in [0.2, 0.25) is 5.89 Å². The standard InChI is InChI=1S/C20H14Cl2N4O5S/c1-30-20(27)16-15(22)17(26(25-16)14-9-4-3-8-13(14)21)19-24-23-18(31-19)11-6-5-7-12(10-11)32(2,28)29/h3-10H,1-2H3. The summed E-state index contributed by atoms with van der Waals surface area (Å²) in [6.07, 6.45) is 1.10. The number of carbonyl (C=O) groups excluding carboxylic acids is 1. The number of ether oxygens (including phenoxy) is 1. The molecule has 2 aromatic carbocycles. The van der Waals surface area contributed by atoms with Crippen LogP contribution in [0.2, 0.25) is 10.0 Å². The molecular formula is C20H14Cl2N4O5S. The Hall–Kier alpha value is -3.21. The number of carbonyl (C=O) groups is 1. The molecule has 0 fully saturated rings. The molecule has 2 aromatic heterocycles. The quantitative estimate of drug-likeness (QED) is 0.382. The molecule has 12 heteroatoms. The largest absolute Gasteiger partial charge is 0.464 e. The fourth-order valence-corrected chi connectivity index (χ4v) is 4.06. The number of methoxy groups -OCH3 is 1. The van der Waals surface area contributed by atoms with Crippen LogP contribution in [0.4, 0.5) is 0 Å². The summed E-state index contributed by atoms with van der Waals surface area (Å²) in [7, 11) is -2.23. The summed E-state index contributed by atoms with van der Waals surface area (Å²) >= 11 is 12.8. The highest BCUT2D eigenvalue weighted by Gasteiger charge is 2.28. The summed E-state index contributed by atoms with van der Waals surface area (Å²) < 4.78 is 35.6. The van der Waals surface area contributed by atoms with Gasteiger partial charge in [0.1, 0.15) is 5.02 Å². The van der Waals surface area contributed by atoms with Crippen molar-refractivity contribution in [2.75, 3.05) is 13.4 Å². The molecule has 0 aliphatic heterocycles. The Bertz CT molecular complexity index is 1450. The topological polar surface area (TPSA) is 117 Å². The van der Waals surface area contributed by atoms with Gasteiger partial charge in [-0.25, -0.2) is 17.9 Å². The molecule has 32 heavy (non-hydrogen) atoms. The van der Waals surface area contributed by atoms with Crippen molar-refractivity contribution in [1.82, 2.24) is 20.0 Å². The van der Waals surface area contributed by atoms with Crippen LogP contribution in [0.5, 0.6) is 0 Å². The SMILES string of the molecule is COC(=O)c1nn(-c2ccccc2Cl)c(-c2nnc(-c3cccc(S(C)(=O)=O)c3)o2)c1Cl. The van der Waals surface area contributed by atoms with Crippen LogP contribution in [0.15, 0.2) is 57.8 Å². The zero-order chi connectivity index (χ0) is 23.0. The molecule has 0 N–H and O–H groups in total. The van der Waals surface area contributed by atoms with Gasteiger partial charge in [-0.3, -0.25) is 0 Å². The minimum atomic E-state index is -3.43. The van der Waals surface area contributed by atoms with E-state index in [1.807, 2.05) is 0 Å². The molecule has 164 valence electrons. The molecular weight excluding hydrogens is 479 g/mol. The Morgan fingerprint density at radius 2 is 1.78 bits per heavy atom. The number of sulfone groups is 1. The van der Waals surface area contributed by atoms with Crippen LogP contribution in [-0.2, 0) is 14.6 Å². The van der Waals surface area contributed by atoms with E-state index in [1.54, 1.807) is 36.4 Å². The molecule has 0 radical (unpaired) electrons. The molecule has 0 aliphatic carbocycles. The van der Waals surface area contributed by atoms with E-state index in [0.29, 0.717) is 16.3 Å². The predicted octanol–water partition coefficient (Wildman–Crippen LogP) is 4.09. The minimum absolute atomic E-state index is 0.0492. The number of esters is 1. The minimum Gasteiger partial charge on any atom is -0.464 e. The zero-order valence-corrected chi connectivity index (χ0v) is 18.9. The number of para-hydroxylation sites is 1. The van der Waals surface area contributed by atoms with Crippen LogP contribution in [0, 0.1) is 0 Å². The molecule has 0 unspecified atom stereocenters. The average molecular weight is 493 g/mol. The van der Waals surface area contributed by atoms with Gasteiger partial charge in [-0.05, 0) is 30.3 Å². The first-order valence-corrected chi connectivity index (χ1v) is 11.6. The number of hydrogen-bond donors (Lipinski definition) is 0. The second-order valence-corrected chi connectivity index (χ2v) is 9.38. The Balaban J connectivity index is 1.88. The summed E-state index contributed by atoms with van der Waals surface area (Å²) in [6, 6.07) is 12.8. The summed E-state index contributed by atoms with van der Waals surface area (Å²) in [6.45, 7) is 0. The van der Waals surface area contributed by atoms with Gasteiger partial charge in [0, 0.05) is 11.8 Å².